The molecular weight excluding hydrogens is 223 g/mol. The molecule has 84 valence electrons. The topological polar surface area (TPSA) is 35.5 Å². The van der Waals surface area contributed by atoms with E-state index in [2.05, 4.69) is 27.7 Å². The Morgan fingerprint density at radius 3 is 1.79 bits per heavy atom. The van der Waals surface area contributed by atoms with Gasteiger partial charge in [0.15, 0.2) is 0 Å². The molecule has 1 aliphatic rings. The van der Waals surface area contributed by atoms with Gasteiger partial charge in [0.2, 0.25) is 0 Å². The van der Waals surface area contributed by atoms with Gasteiger partial charge >= 0.3 is 6.95 Å². The van der Waals surface area contributed by atoms with Gasteiger partial charge in [-0.05, 0) is 11.8 Å². The highest BCUT2D eigenvalue weighted by Gasteiger charge is 2.45. The van der Waals surface area contributed by atoms with E-state index in [1.54, 1.807) is 0 Å². The van der Waals surface area contributed by atoms with E-state index in [9.17, 15) is 4.57 Å². The number of halogens is 1. The minimum absolute atomic E-state index is 0.0667. The molecule has 14 heavy (non-hydrogen) atoms. The Morgan fingerprint density at radius 2 is 1.50 bits per heavy atom. The molecule has 5 heteroatoms. The third-order valence-corrected chi connectivity index (χ3v) is 4.74. The predicted octanol–water partition coefficient (Wildman–Crippen LogP) is 3.68. The summed E-state index contributed by atoms with van der Waals surface area (Å²) in [4.78, 5) is 0. The van der Waals surface area contributed by atoms with Gasteiger partial charge in [-0.3, -0.25) is 9.05 Å². The quantitative estimate of drug-likeness (QED) is 0.691. The van der Waals surface area contributed by atoms with E-state index in [1.807, 2.05) is 0 Å². The van der Waals surface area contributed by atoms with Crippen LogP contribution in [0.15, 0.2) is 0 Å². The average molecular weight is 241 g/mol. The zero-order valence-electron chi connectivity index (χ0n) is 9.12. The molecule has 3 nitrogen and oxygen atoms in total. The van der Waals surface area contributed by atoms with E-state index in [4.69, 9.17) is 20.3 Å². The lowest BCUT2D eigenvalue weighted by molar-refractivity contribution is -0.0415. The maximum atomic E-state index is 11.3. The second-order valence-corrected chi connectivity index (χ2v) is 7.14. The molecule has 0 aliphatic carbocycles. The Morgan fingerprint density at radius 1 is 1.14 bits per heavy atom. The van der Waals surface area contributed by atoms with Crippen molar-refractivity contribution in [1.82, 2.24) is 0 Å². The SMILES string of the molecule is CC(C)C1(C(C)C)COP(=O)(Cl)OC1. The molecule has 0 aromatic heterocycles. The standard InChI is InChI=1S/C9H18ClO3P/c1-7(2)9(8(3)4)5-12-14(10,11)13-6-9/h7-8H,5-6H2,1-4H3. The van der Waals surface area contributed by atoms with Gasteiger partial charge < -0.3 is 0 Å². The average Bonchev–Trinajstić information content (AvgIpc) is 2.03. The minimum atomic E-state index is -3.27. The highest BCUT2D eigenvalue weighted by molar-refractivity contribution is 7.81. The first kappa shape index (κ1) is 12.5. The molecule has 0 aromatic carbocycles. The van der Waals surface area contributed by atoms with Gasteiger partial charge in [0.05, 0.1) is 13.2 Å². The summed E-state index contributed by atoms with van der Waals surface area (Å²) in [5.41, 5.74) is -0.0667. The van der Waals surface area contributed by atoms with Crippen molar-refractivity contribution in [2.24, 2.45) is 17.3 Å². The lowest BCUT2D eigenvalue weighted by Crippen LogP contribution is -2.43. The molecule has 1 fully saturated rings. The molecule has 0 spiro atoms. The summed E-state index contributed by atoms with van der Waals surface area (Å²) in [5, 5.41) is 0. The highest BCUT2D eigenvalue weighted by Crippen LogP contribution is 2.60. The van der Waals surface area contributed by atoms with Crippen LogP contribution in [-0.2, 0) is 13.6 Å². The molecule has 0 saturated carbocycles. The Bertz CT molecular complexity index is 230. The minimum Gasteiger partial charge on any atom is -0.296 e. The van der Waals surface area contributed by atoms with Crippen molar-refractivity contribution >= 4 is 18.2 Å². The van der Waals surface area contributed by atoms with Crippen LogP contribution in [0, 0.1) is 17.3 Å². The van der Waals surface area contributed by atoms with Crippen molar-refractivity contribution in [2.45, 2.75) is 27.7 Å². The van der Waals surface area contributed by atoms with Crippen LogP contribution in [0.5, 0.6) is 0 Å². The highest BCUT2D eigenvalue weighted by atomic mass is 35.7. The van der Waals surface area contributed by atoms with Crippen LogP contribution in [0.25, 0.3) is 0 Å². The van der Waals surface area contributed by atoms with Gasteiger partial charge in [-0.15, -0.1) is 0 Å². The third-order valence-electron chi connectivity index (χ3n) is 3.27. The fourth-order valence-electron chi connectivity index (χ4n) is 1.81. The molecule has 1 aliphatic heterocycles. The fourth-order valence-corrected chi connectivity index (χ4v) is 2.96. The summed E-state index contributed by atoms with van der Waals surface area (Å²) >= 11 is 5.52. The molecule has 1 rings (SSSR count). The van der Waals surface area contributed by atoms with Gasteiger partial charge in [0, 0.05) is 16.7 Å². The lowest BCUT2D eigenvalue weighted by atomic mass is 9.70. The summed E-state index contributed by atoms with van der Waals surface area (Å²) in [6.45, 7) is 6.05. The lowest BCUT2D eigenvalue weighted by Gasteiger charge is -2.44. The van der Waals surface area contributed by atoms with Crippen molar-refractivity contribution in [1.29, 1.82) is 0 Å². The molecule has 0 atom stereocenters. The van der Waals surface area contributed by atoms with Gasteiger partial charge in [0.1, 0.15) is 0 Å². The van der Waals surface area contributed by atoms with E-state index in [0.717, 1.165) is 0 Å². The second-order valence-electron chi connectivity index (χ2n) is 4.52. The second kappa shape index (κ2) is 4.13. The van der Waals surface area contributed by atoms with Crippen LogP contribution in [0.4, 0.5) is 0 Å². The summed E-state index contributed by atoms with van der Waals surface area (Å²) in [6.07, 6.45) is 0. The molecule has 0 N–H and O–H groups in total. The number of rotatable bonds is 2. The van der Waals surface area contributed by atoms with Crippen molar-refractivity contribution in [3.05, 3.63) is 0 Å². The zero-order valence-corrected chi connectivity index (χ0v) is 10.8. The Kier molecular flexibility index (Phi) is 3.69. The van der Waals surface area contributed by atoms with Gasteiger partial charge in [-0.25, -0.2) is 4.57 Å². The summed E-state index contributed by atoms with van der Waals surface area (Å²) < 4.78 is 21.5. The fraction of sp³-hybridized carbons (Fsp3) is 1.00. The first-order valence-electron chi connectivity index (χ1n) is 4.89. The molecule has 0 bridgehead atoms. The largest absolute Gasteiger partial charge is 0.424 e. The van der Waals surface area contributed by atoms with E-state index >= 15 is 0 Å². The smallest absolute Gasteiger partial charge is 0.296 e. The predicted molar refractivity (Wildman–Crippen MR) is 57.5 cm³/mol. The molecule has 0 radical (unpaired) electrons. The van der Waals surface area contributed by atoms with E-state index in [0.29, 0.717) is 25.0 Å². The monoisotopic (exact) mass is 240 g/mol. The number of hydrogen-bond donors (Lipinski definition) is 0. The first-order valence-corrected chi connectivity index (χ1v) is 7.34. The summed E-state index contributed by atoms with van der Waals surface area (Å²) in [7, 11) is 0. The van der Waals surface area contributed by atoms with Crippen LogP contribution in [0.3, 0.4) is 0 Å². The van der Waals surface area contributed by atoms with E-state index in [-0.39, 0.29) is 5.41 Å². The maximum Gasteiger partial charge on any atom is 0.424 e. The Hall–Kier alpha value is 0.440. The molecular formula is C9H18ClO3P. The van der Waals surface area contributed by atoms with Gasteiger partial charge in [0.25, 0.3) is 0 Å². The molecule has 1 saturated heterocycles. The molecule has 1 heterocycles. The van der Waals surface area contributed by atoms with Crippen molar-refractivity contribution in [3.63, 3.8) is 0 Å². The zero-order chi connectivity index (χ0) is 11.0. The summed E-state index contributed by atoms with van der Waals surface area (Å²) in [6, 6.07) is 0. The van der Waals surface area contributed by atoms with Crippen molar-refractivity contribution in [3.8, 4) is 0 Å². The molecule has 0 aromatic rings. The normalized spacial score (nSPS) is 25.6. The van der Waals surface area contributed by atoms with Crippen LogP contribution >= 0.6 is 18.2 Å². The van der Waals surface area contributed by atoms with Crippen molar-refractivity contribution in [2.75, 3.05) is 13.2 Å². The molecule has 0 unspecified atom stereocenters. The Balaban J connectivity index is 2.80. The van der Waals surface area contributed by atoms with E-state index in [1.165, 1.54) is 0 Å². The van der Waals surface area contributed by atoms with Gasteiger partial charge in [-0.2, -0.15) is 0 Å². The van der Waals surface area contributed by atoms with E-state index < -0.39 is 6.95 Å². The Labute approximate surface area is 90.4 Å². The van der Waals surface area contributed by atoms with Crippen LogP contribution < -0.4 is 0 Å². The maximum absolute atomic E-state index is 11.3. The summed E-state index contributed by atoms with van der Waals surface area (Å²) in [5.74, 6) is 0.832. The molecule has 0 amide bonds. The third kappa shape index (κ3) is 2.33. The van der Waals surface area contributed by atoms with Crippen LogP contribution in [0.2, 0.25) is 0 Å². The van der Waals surface area contributed by atoms with Crippen molar-refractivity contribution < 1.29 is 13.6 Å². The van der Waals surface area contributed by atoms with Crippen LogP contribution in [0.1, 0.15) is 27.7 Å². The first-order chi connectivity index (χ1) is 6.30. The van der Waals surface area contributed by atoms with Crippen LogP contribution in [-0.4, -0.2) is 13.2 Å². The number of hydrogen-bond acceptors (Lipinski definition) is 3. The van der Waals surface area contributed by atoms with Gasteiger partial charge in [-0.1, -0.05) is 27.7 Å².